The van der Waals surface area contributed by atoms with Gasteiger partial charge in [0, 0.05) is 6.20 Å². The monoisotopic (exact) mass is 264 g/mol. The van der Waals surface area contributed by atoms with Crippen LogP contribution in [-0.4, -0.2) is 28.1 Å². The molecule has 2 amide bonds. The first kappa shape index (κ1) is 12.3. The van der Waals surface area contributed by atoms with Crippen molar-refractivity contribution in [3.8, 4) is 0 Å². The summed E-state index contributed by atoms with van der Waals surface area (Å²) in [5.74, 6) is -0.541. The van der Waals surface area contributed by atoms with Gasteiger partial charge in [0.15, 0.2) is 0 Å². The largest absolute Gasteiger partial charge is 0.340 e. The molecule has 0 radical (unpaired) electrons. The number of nitrogens with one attached hydrogen (secondary N) is 3. The SMILES string of the molecule is CC(NC(=O)c1cccs1)C(=O)Nc1cn[nH]c1. The number of amides is 2. The molecule has 0 spiro atoms. The van der Waals surface area contributed by atoms with Gasteiger partial charge in [0.25, 0.3) is 5.91 Å². The van der Waals surface area contributed by atoms with Crippen LogP contribution in [0, 0.1) is 0 Å². The number of aromatic nitrogens is 2. The number of aromatic amines is 1. The molecular weight excluding hydrogens is 252 g/mol. The van der Waals surface area contributed by atoms with Crippen molar-refractivity contribution in [1.29, 1.82) is 0 Å². The highest BCUT2D eigenvalue weighted by molar-refractivity contribution is 7.12. The Kier molecular flexibility index (Phi) is 3.73. The topological polar surface area (TPSA) is 86.9 Å². The van der Waals surface area contributed by atoms with E-state index >= 15 is 0 Å². The van der Waals surface area contributed by atoms with E-state index in [0.717, 1.165) is 0 Å². The molecule has 0 bridgehead atoms. The van der Waals surface area contributed by atoms with Gasteiger partial charge in [-0.3, -0.25) is 14.7 Å². The second kappa shape index (κ2) is 5.46. The summed E-state index contributed by atoms with van der Waals surface area (Å²) in [4.78, 5) is 24.1. The van der Waals surface area contributed by atoms with Crippen LogP contribution in [0.3, 0.4) is 0 Å². The maximum absolute atomic E-state index is 11.8. The number of nitrogens with zero attached hydrogens (tertiary/aromatic N) is 1. The Morgan fingerprint density at radius 3 is 2.94 bits per heavy atom. The van der Waals surface area contributed by atoms with Crippen molar-refractivity contribution in [2.75, 3.05) is 5.32 Å². The molecule has 0 aromatic carbocycles. The van der Waals surface area contributed by atoms with E-state index in [9.17, 15) is 9.59 Å². The van der Waals surface area contributed by atoms with Crippen LogP contribution >= 0.6 is 11.3 Å². The van der Waals surface area contributed by atoms with Crippen LogP contribution in [-0.2, 0) is 4.79 Å². The molecule has 1 unspecified atom stereocenters. The second-order valence-electron chi connectivity index (χ2n) is 3.65. The molecule has 1 atom stereocenters. The number of rotatable bonds is 4. The van der Waals surface area contributed by atoms with E-state index in [1.165, 1.54) is 17.5 Å². The predicted octanol–water partition coefficient (Wildman–Crippen LogP) is 1.23. The van der Waals surface area contributed by atoms with Gasteiger partial charge in [-0.25, -0.2) is 0 Å². The number of carbonyl (C=O) groups excluding carboxylic acids is 2. The van der Waals surface area contributed by atoms with Crippen LogP contribution < -0.4 is 10.6 Å². The summed E-state index contributed by atoms with van der Waals surface area (Å²) in [7, 11) is 0. The van der Waals surface area contributed by atoms with Crippen LogP contribution in [0.25, 0.3) is 0 Å². The van der Waals surface area contributed by atoms with Gasteiger partial charge in [0.05, 0.1) is 16.8 Å². The summed E-state index contributed by atoms with van der Waals surface area (Å²) in [6, 6.07) is 2.88. The van der Waals surface area contributed by atoms with Crippen molar-refractivity contribution in [3.63, 3.8) is 0 Å². The molecule has 0 fully saturated rings. The number of H-pyrrole nitrogens is 1. The number of thiophene rings is 1. The van der Waals surface area contributed by atoms with E-state index in [1.807, 2.05) is 5.38 Å². The summed E-state index contributed by atoms with van der Waals surface area (Å²) in [5.41, 5.74) is 0.567. The maximum Gasteiger partial charge on any atom is 0.261 e. The highest BCUT2D eigenvalue weighted by Crippen LogP contribution is 2.08. The Balaban J connectivity index is 1.89. The molecule has 7 heteroatoms. The van der Waals surface area contributed by atoms with Crippen molar-refractivity contribution in [2.45, 2.75) is 13.0 Å². The Hall–Kier alpha value is -2.15. The predicted molar refractivity (Wildman–Crippen MR) is 68.5 cm³/mol. The molecule has 2 aromatic rings. The Bertz CT molecular complexity index is 521. The standard InChI is InChI=1S/C11H12N4O2S/c1-7(10(16)15-8-5-12-13-6-8)14-11(17)9-3-2-4-18-9/h2-7H,1H3,(H,12,13)(H,14,17)(H,15,16). The summed E-state index contributed by atoms with van der Waals surface area (Å²) in [6.45, 7) is 1.63. The van der Waals surface area contributed by atoms with Gasteiger partial charge >= 0.3 is 0 Å². The quantitative estimate of drug-likeness (QED) is 0.776. The molecule has 0 saturated carbocycles. The van der Waals surface area contributed by atoms with Gasteiger partial charge < -0.3 is 10.6 Å². The van der Waals surface area contributed by atoms with E-state index in [2.05, 4.69) is 20.8 Å². The first-order valence-electron chi connectivity index (χ1n) is 5.31. The van der Waals surface area contributed by atoms with Crippen molar-refractivity contribution >= 4 is 28.8 Å². The normalized spacial score (nSPS) is 11.8. The lowest BCUT2D eigenvalue weighted by Crippen LogP contribution is -2.41. The molecule has 6 nitrogen and oxygen atoms in total. The minimum Gasteiger partial charge on any atom is -0.340 e. The summed E-state index contributed by atoms with van der Waals surface area (Å²) < 4.78 is 0. The van der Waals surface area contributed by atoms with Crippen molar-refractivity contribution in [3.05, 3.63) is 34.8 Å². The average molecular weight is 264 g/mol. The van der Waals surface area contributed by atoms with Gasteiger partial charge in [-0.1, -0.05) is 6.07 Å². The molecule has 2 heterocycles. The number of hydrogen-bond donors (Lipinski definition) is 3. The zero-order valence-corrected chi connectivity index (χ0v) is 10.5. The Morgan fingerprint density at radius 1 is 1.50 bits per heavy atom. The lowest BCUT2D eigenvalue weighted by atomic mass is 10.3. The third-order valence-electron chi connectivity index (χ3n) is 2.25. The van der Waals surface area contributed by atoms with E-state index < -0.39 is 6.04 Å². The zero-order valence-electron chi connectivity index (χ0n) is 9.64. The minimum atomic E-state index is -0.616. The minimum absolute atomic E-state index is 0.250. The molecule has 3 N–H and O–H groups in total. The second-order valence-corrected chi connectivity index (χ2v) is 4.60. The summed E-state index contributed by atoms with van der Waals surface area (Å²) >= 11 is 1.33. The molecule has 0 aliphatic carbocycles. The first-order chi connectivity index (χ1) is 8.66. The third-order valence-corrected chi connectivity index (χ3v) is 3.12. The molecule has 18 heavy (non-hydrogen) atoms. The smallest absolute Gasteiger partial charge is 0.261 e. The lowest BCUT2D eigenvalue weighted by molar-refractivity contribution is -0.117. The van der Waals surface area contributed by atoms with E-state index in [4.69, 9.17) is 0 Å². The van der Waals surface area contributed by atoms with E-state index in [0.29, 0.717) is 10.6 Å². The van der Waals surface area contributed by atoms with Gasteiger partial charge in [-0.2, -0.15) is 5.10 Å². The molecule has 2 rings (SSSR count). The fraction of sp³-hybridized carbons (Fsp3) is 0.182. The molecule has 0 aliphatic rings. The number of hydrogen-bond acceptors (Lipinski definition) is 4. The van der Waals surface area contributed by atoms with Gasteiger partial charge in [-0.15, -0.1) is 11.3 Å². The Labute approximate surface area is 107 Å². The number of carbonyl (C=O) groups is 2. The fourth-order valence-corrected chi connectivity index (χ4v) is 1.94. The number of anilines is 1. The summed E-state index contributed by atoms with van der Waals surface area (Å²) in [5, 5.41) is 13.4. The molecule has 0 aliphatic heterocycles. The lowest BCUT2D eigenvalue weighted by Gasteiger charge is -2.12. The molecular formula is C11H12N4O2S. The Morgan fingerprint density at radius 2 is 2.33 bits per heavy atom. The van der Waals surface area contributed by atoms with Crippen molar-refractivity contribution in [1.82, 2.24) is 15.5 Å². The van der Waals surface area contributed by atoms with Crippen LogP contribution in [0.1, 0.15) is 16.6 Å². The fourth-order valence-electron chi connectivity index (χ4n) is 1.31. The maximum atomic E-state index is 11.8. The van der Waals surface area contributed by atoms with E-state index in [-0.39, 0.29) is 11.8 Å². The van der Waals surface area contributed by atoms with Crippen molar-refractivity contribution < 1.29 is 9.59 Å². The van der Waals surface area contributed by atoms with Gasteiger partial charge in [0.1, 0.15) is 6.04 Å². The highest BCUT2D eigenvalue weighted by Gasteiger charge is 2.17. The van der Waals surface area contributed by atoms with Crippen LogP contribution in [0.2, 0.25) is 0 Å². The first-order valence-corrected chi connectivity index (χ1v) is 6.19. The highest BCUT2D eigenvalue weighted by atomic mass is 32.1. The molecule has 0 saturated heterocycles. The molecule has 94 valence electrons. The molecule has 2 aromatic heterocycles. The van der Waals surface area contributed by atoms with Crippen molar-refractivity contribution in [2.24, 2.45) is 0 Å². The average Bonchev–Trinajstić information content (AvgIpc) is 3.01. The van der Waals surface area contributed by atoms with Crippen LogP contribution in [0.5, 0.6) is 0 Å². The van der Waals surface area contributed by atoms with Gasteiger partial charge in [0.2, 0.25) is 5.91 Å². The summed E-state index contributed by atoms with van der Waals surface area (Å²) in [6.07, 6.45) is 3.05. The van der Waals surface area contributed by atoms with Gasteiger partial charge in [-0.05, 0) is 18.4 Å². The third kappa shape index (κ3) is 2.95. The van der Waals surface area contributed by atoms with Crippen LogP contribution in [0.4, 0.5) is 5.69 Å². The van der Waals surface area contributed by atoms with E-state index in [1.54, 1.807) is 25.3 Å². The van der Waals surface area contributed by atoms with Crippen LogP contribution in [0.15, 0.2) is 29.9 Å². The zero-order chi connectivity index (χ0) is 13.0.